The molecule has 29 heavy (non-hydrogen) atoms. The van der Waals surface area contributed by atoms with Crippen LogP contribution in [-0.2, 0) is 27.2 Å². The van der Waals surface area contributed by atoms with Crippen LogP contribution in [0.25, 0.3) is 11.3 Å². The predicted octanol–water partition coefficient (Wildman–Crippen LogP) is 4.11. The minimum absolute atomic E-state index is 0.115. The van der Waals surface area contributed by atoms with E-state index in [2.05, 4.69) is 10.3 Å². The Hall–Kier alpha value is -3.19. The van der Waals surface area contributed by atoms with E-state index in [0.717, 1.165) is 21.8 Å². The van der Waals surface area contributed by atoms with Crippen molar-refractivity contribution in [1.29, 1.82) is 0 Å². The second kappa shape index (κ2) is 9.84. The summed E-state index contributed by atoms with van der Waals surface area (Å²) in [5, 5.41) is 3.30. The molecule has 0 aliphatic rings. The van der Waals surface area contributed by atoms with Gasteiger partial charge in [0.15, 0.2) is 5.13 Å². The first-order valence-corrected chi connectivity index (χ1v) is 10.0. The van der Waals surface area contributed by atoms with Gasteiger partial charge in [0.05, 0.1) is 32.3 Å². The van der Waals surface area contributed by atoms with Crippen LogP contribution < -0.4 is 10.1 Å². The molecule has 1 heterocycles. The van der Waals surface area contributed by atoms with Crippen molar-refractivity contribution in [2.45, 2.75) is 19.8 Å². The number of nitrogens with one attached hydrogen (secondary N) is 1. The van der Waals surface area contributed by atoms with Crippen molar-refractivity contribution in [1.82, 2.24) is 4.98 Å². The van der Waals surface area contributed by atoms with Gasteiger partial charge in [-0.25, -0.2) is 4.98 Å². The number of esters is 1. The Morgan fingerprint density at radius 2 is 1.76 bits per heavy atom. The molecule has 0 saturated carbocycles. The Labute approximate surface area is 173 Å². The maximum absolute atomic E-state index is 12.5. The van der Waals surface area contributed by atoms with Crippen LogP contribution in [0.3, 0.4) is 0 Å². The van der Waals surface area contributed by atoms with Gasteiger partial charge < -0.3 is 14.8 Å². The molecular weight excluding hydrogens is 388 g/mol. The van der Waals surface area contributed by atoms with Crippen molar-refractivity contribution in [3.8, 4) is 17.0 Å². The molecule has 0 fully saturated rings. The van der Waals surface area contributed by atoms with Gasteiger partial charge >= 0.3 is 5.97 Å². The Morgan fingerprint density at radius 1 is 1.03 bits per heavy atom. The Kier molecular flexibility index (Phi) is 6.97. The normalized spacial score (nSPS) is 10.4. The zero-order chi connectivity index (χ0) is 20.6. The number of nitrogens with zero attached hydrogens (tertiary/aromatic N) is 1. The summed E-state index contributed by atoms with van der Waals surface area (Å²) in [7, 11) is 1.60. The van der Waals surface area contributed by atoms with E-state index in [0.29, 0.717) is 17.4 Å². The highest BCUT2D eigenvalue weighted by Gasteiger charge is 2.18. The van der Waals surface area contributed by atoms with Crippen LogP contribution in [0.1, 0.15) is 17.4 Å². The van der Waals surface area contributed by atoms with E-state index in [4.69, 9.17) is 9.47 Å². The fraction of sp³-hybridized carbons (Fsp3) is 0.227. The minimum atomic E-state index is -0.315. The van der Waals surface area contributed by atoms with Gasteiger partial charge in [-0.1, -0.05) is 42.5 Å². The average Bonchev–Trinajstić information content (AvgIpc) is 3.11. The van der Waals surface area contributed by atoms with E-state index in [1.807, 2.05) is 54.6 Å². The number of amides is 1. The first-order chi connectivity index (χ1) is 14.1. The number of aromatic nitrogens is 1. The molecule has 0 aliphatic heterocycles. The van der Waals surface area contributed by atoms with Gasteiger partial charge in [-0.15, -0.1) is 11.3 Å². The van der Waals surface area contributed by atoms with E-state index >= 15 is 0 Å². The molecule has 0 saturated heterocycles. The predicted molar refractivity (Wildman–Crippen MR) is 113 cm³/mol. The highest BCUT2D eigenvalue weighted by atomic mass is 32.1. The number of rotatable bonds is 8. The molecule has 2 aromatic carbocycles. The van der Waals surface area contributed by atoms with Gasteiger partial charge in [-0.3, -0.25) is 9.59 Å². The van der Waals surface area contributed by atoms with Crippen LogP contribution in [0.4, 0.5) is 5.13 Å². The Bertz CT molecular complexity index is 968. The summed E-state index contributed by atoms with van der Waals surface area (Å²) in [6.07, 6.45) is 0.335. The summed E-state index contributed by atoms with van der Waals surface area (Å²) in [6, 6.07) is 16.9. The van der Waals surface area contributed by atoms with Gasteiger partial charge in [0.1, 0.15) is 5.75 Å². The minimum Gasteiger partial charge on any atom is -0.497 e. The summed E-state index contributed by atoms with van der Waals surface area (Å²) in [4.78, 5) is 29.8. The Balaban J connectivity index is 1.76. The highest BCUT2D eigenvalue weighted by Crippen LogP contribution is 2.32. The molecular formula is C22H22N2O4S. The van der Waals surface area contributed by atoms with Crippen LogP contribution in [-0.4, -0.2) is 30.6 Å². The smallest absolute Gasteiger partial charge is 0.311 e. The quantitative estimate of drug-likeness (QED) is 0.566. The first-order valence-electron chi connectivity index (χ1n) is 9.22. The summed E-state index contributed by atoms with van der Waals surface area (Å²) >= 11 is 1.29. The Morgan fingerprint density at radius 3 is 2.41 bits per heavy atom. The lowest BCUT2D eigenvalue weighted by Crippen LogP contribution is -2.14. The molecule has 3 rings (SSSR count). The van der Waals surface area contributed by atoms with Crippen LogP contribution in [0.2, 0.25) is 0 Å². The molecule has 7 heteroatoms. The van der Waals surface area contributed by atoms with Crippen LogP contribution >= 0.6 is 11.3 Å². The molecule has 150 valence electrons. The number of carbonyl (C=O) groups is 2. The largest absolute Gasteiger partial charge is 0.497 e. The molecule has 0 radical (unpaired) electrons. The standard InChI is InChI=1S/C22H22N2O4S/c1-3-28-20(26)14-18-21(16-7-5-4-6-8-16)24-22(29-18)23-19(25)13-15-9-11-17(27-2)12-10-15/h4-12H,3,13-14H2,1-2H3,(H,23,24,25). The average molecular weight is 410 g/mol. The van der Waals surface area contributed by atoms with E-state index in [-0.39, 0.29) is 24.7 Å². The monoisotopic (exact) mass is 410 g/mol. The molecule has 1 amide bonds. The maximum Gasteiger partial charge on any atom is 0.311 e. The third-order valence-corrected chi connectivity index (χ3v) is 5.10. The second-order valence-corrected chi connectivity index (χ2v) is 7.30. The van der Waals surface area contributed by atoms with E-state index in [1.165, 1.54) is 11.3 Å². The van der Waals surface area contributed by atoms with E-state index in [1.54, 1.807) is 14.0 Å². The van der Waals surface area contributed by atoms with Crippen LogP contribution in [0.5, 0.6) is 5.75 Å². The van der Waals surface area contributed by atoms with Gasteiger partial charge in [0.2, 0.25) is 5.91 Å². The van der Waals surface area contributed by atoms with E-state index in [9.17, 15) is 9.59 Å². The number of ether oxygens (including phenoxy) is 2. The number of thiazole rings is 1. The SMILES string of the molecule is CCOC(=O)Cc1sc(NC(=O)Cc2ccc(OC)cc2)nc1-c1ccccc1. The number of anilines is 1. The number of benzene rings is 2. The molecule has 1 N–H and O–H groups in total. The van der Waals surface area contributed by atoms with Gasteiger partial charge in [0.25, 0.3) is 0 Å². The summed E-state index contributed by atoms with van der Waals surface area (Å²) < 4.78 is 10.2. The topological polar surface area (TPSA) is 77.5 Å². The van der Waals surface area contributed by atoms with Crippen LogP contribution in [0, 0.1) is 0 Å². The lowest BCUT2D eigenvalue weighted by molar-refractivity contribution is -0.142. The van der Waals surface area contributed by atoms with Gasteiger partial charge in [0, 0.05) is 10.4 Å². The fourth-order valence-electron chi connectivity index (χ4n) is 2.78. The molecule has 0 spiro atoms. The summed E-state index contributed by atoms with van der Waals surface area (Å²) in [5.74, 6) is 0.251. The van der Waals surface area contributed by atoms with Crippen molar-refractivity contribution >= 4 is 28.3 Å². The molecule has 0 atom stereocenters. The van der Waals surface area contributed by atoms with Crippen molar-refractivity contribution < 1.29 is 19.1 Å². The molecule has 0 bridgehead atoms. The number of carbonyl (C=O) groups excluding carboxylic acids is 2. The zero-order valence-corrected chi connectivity index (χ0v) is 17.1. The van der Waals surface area contributed by atoms with Crippen molar-refractivity contribution in [2.24, 2.45) is 0 Å². The van der Waals surface area contributed by atoms with Crippen molar-refractivity contribution in [3.63, 3.8) is 0 Å². The van der Waals surface area contributed by atoms with Gasteiger partial charge in [-0.2, -0.15) is 0 Å². The summed E-state index contributed by atoms with van der Waals surface area (Å²) in [5.41, 5.74) is 2.44. The molecule has 1 aromatic heterocycles. The second-order valence-electron chi connectivity index (χ2n) is 6.21. The molecule has 0 aliphatic carbocycles. The maximum atomic E-state index is 12.5. The van der Waals surface area contributed by atoms with Gasteiger partial charge in [-0.05, 0) is 24.6 Å². The zero-order valence-electron chi connectivity index (χ0n) is 16.3. The molecule has 3 aromatic rings. The first kappa shape index (κ1) is 20.5. The van der Waals surface area contributed by atoms with Crippen molar-refractivity contribution in [2.75, 3.05) is 19.0 Å². The van der Waals surface area contributed by atoms with Crippen LogP contribution in [0.15, 0.2) is 54.6 Å². The number of hydrogen-bond donors (Lipinski definition) is 1. The number of methoxy groups -OCH3 is 1. The van der Waals surface area contributed by atoms with E-state index < -0.39 is 0 Å². The fourth-order valence-corrected chi connectivity index (χ4v) is 3.77. The summed E-state index contributed by atoms with van der Waals surface area (Å²) in [6.45, 7) is 2.09. The lowest BCUT2D eigenvalue weighted by Gasteiger charge is -2.03. The highest BCUT2D eigenvalue weighted by molar-refractivity contribution is 7.16. The molecule has 0 unspecified atom stereocenters. The van der Waals surface area contributed by atoms with Crippen molar-refractivity contribution in [3.05, 3.63) is 65.0 Å². The third-order valence-electron chi connectivity index (χ3n) is 4.12. The number of hydrogen-bond acceptors (Lipinski definition) is 6. The lowest BCUT2D eigenvalue weighted by atomic mass is 10.1. The third kappa shape index (κ3) is 5.65. The molecule has 6 nitrogen and oxygen atoms in total.